The number of aliphatic carboxylic acids is 1. The van der Waals surface area contributed by atoms with Crippen molar-refractivity contribution in [1.29, 1.82) is 0 Å². The second-order valence-corrected chi connectivity index (χ2v) is 7.49. The summed E-state index contributed by atoms with van der Waals surface area (Å²) in [5, 5.41) is 11.2. The van der Waals surface area contributed by atoms with E-state index in [0.29, 0.717) is 16.7 Å². The van der Waals surface area contributed by atoms with Gasteiger partial charge in [0.15, 0.2) is 5.58 Å². The molecule has 0 bridgehead atoms. The van der Waals surface area contributed by atoms with Gasteiger partial charge in [0.05, 0.1) is 17.7 Å². The lowest BCUT2D eigenvalue weighted by Crippen LogP contribution is -2.10. The van der Waals surface area contributed by atoms with Crippen LogP contribution in [0.25, 0.3) is 28.6 Å². The van der Waals surface area contributed by atoms with Crippen LogP contribution >= 0.6 is 0 Å². The number of nitrogens with zero attached hydrogens (tertiary/aromatic N) is 1. The minimum Gasteiger partial charge on any atom is -0.481 e. The molecule has 1 heterocycles. The van der Waals surface area contributed by atoms with Crippen molar-refractivity contribution in [2.75, 3.05) is 5.32 Å². The molecule has 4 aromatic rings. The van der Waals surface area contributed by atoms with Crippen LogP contribution in [-0.2, 0) is 22.2 Å². The van der Waals surface area contributed by atoms with Gasteiger partial charge in [0.1, 0.15) is 11.3 Å². The summed E-state index contributed by atoms with van der Waals surface area (Å²) in [7, 11) is 0. The Morgan fingerprint density at radius 3 is 2.54 bits per heavy atom. The van der Waals surface area contributed by atoms with Gasteiger partial charge in [-0.2, -0.15) is 13.2 Å². The van der Waals surface area contributed by atoms with E-state index in [1.165, 1.54) is 30.3 Å². The molecule has 6 nitrogen and oxygen atoms in total. The van der Waals surface area contributed by atoms with E-state index in [-0.39, 0.29) is 29.1 Å². The Balaban J connectivity index is 1.50. The maximum atomic E-state index is 14.6. The van der Waals surface area contributed by atoms with Crippen molar-refractivity contribution in [2.24, 2.45) is 0 Å². The highest BCUT2D eigenvalue weighted by Gasteiger charge is 2.32. The number of hydrogen-bond donors (Lipinski definition) is 2. The number of fused-ring (bicyclic) bond motifs is 1. The average Bonchev–Trinajstić information content (AvgIpc) is 3.21. The third kappa shape index (κ3) is 5.55. The van der Waals surface area contributed by atoms with Gasteiger partial charge in [-0.05, 0) is 53.6 Å². The first-order valence-electron chi connectivity index (χ1n) is 10.2. The van der Waals surface area contributed by atoms with Crippen LogP contribution in [0.2, 0.25) is 0 Å². The SMILES string of the molecule is O=C(O)Cc1ccc2oc(-c3ccc(NC(=O)/C=C/c4ccccc4C(F)(F)F)c(F)c3)nc2c1. The van der Waals surface area contributed by atoms with Gasteiger partial charge in [-0.1, -0.05) is 24.3 Å². The lowest BCUT2D eigenvalue weighted by Gasteiger charge is -2.09. The monoisotopic (exact) mass is 484 g/mol. The molecule has 178 valence electrons. The Labute approximate surface area is 195 Å². The first-order valence-corrected chi connectivity index (χ1v) is 10.2. The number of carboxylic acid groups (broad SMARTS) is 1. The zero-order valence-corrected chi connectivity index (χ0v) is 17.8. The van der Waals surface area contributed by atoms with E-state index in [0.717, 1.165) is 24.3 Å². The molecule has 2 N–H and O–H groups in total. The average molecular weight is 484 g/mol. The van der Waals surface area contributed by atoms with Crippen LogP contribution in [0.1, 0.15) is 16.7 Å². The van der Waals surface area contributed by atoms with Crippen molar-refractivity contribution in [3.63, 3.8) is 0 Å². The second-order valence-electron chi connectivity index (χ2n) is 7.49. The van der Waals surface area contributed by atoms with Crippen molar-refractivity contribution in [2.45, 2.75) is 12.6 Å². The topological polar surface area (TPSA) is 92.4 Å². The van der Waals surface area contributed by atoms with Crippen molar-refractivity contribution >= 4 is 34.7 Å². The maximum absolute atomic E-state index is 14.6. The number of benzene rings is 3. The molecule has 0 unspecified atom stereocenters. The van der Waals surface area contributed by atoms with Crippen LogP contribution < -0.4 is 5.32 Å². The Morgan fingerprint density at radius 2 is 1.83 bits per heavy atom. The van der Waals surface area contributed by atoms with Gasteiger partial charge >= 0.3 is 12.1 Å². The molecule has 0 radical (unpaired) electrons. The number of carboxylic acids is 1. The first-order chi connectivity index (χ1) is 16.6. The molecule has 0 atom stereocenters. The van der Waals surface area contributed by atoms with Crippen molar-refractivity contribution in [1.82, 2.24) is 4.98 Å². The number of alkyl halides is 3. The summed E-state index contributed by atoms with van der Waals surface area (Å²) in [6, 6.07) is 13.3. The van der Waals surface area contributed by atoms with Gasteiger partial charge in [-0.25, -0.2) is 9.37 Å². The molecule has 0 saturated heterocycles. The normalized spacial score (nSPS) is 11.8. The molecule has 1 aromatic heterocycles. The number of carbonyl (C=O) groups is 2. The van der Waals surface area contributed by atoms with Crippen molar-refractivity contribution < 1.29 is 36.7 Å². The predicted molar refractivity (Wildman–Crippen MR) is 120 cm³/mol. The molecule has 0 aliphatic rings. The highest BCUT2D eigenvalue weighted by Crippen LogP contribution is 2.32. The Kier molecular flexibility index (Phi) is 6.37. The number of nitrogens with one attached hydrogen (secondary N) is 1. The molecule has 35 heavy (non-hydrogen) atoms. The van der Waals surface area contributed by atoms with Crippen molar-refractivity contribution in [3.8, 4) is 11.5 Å². The second kappa shape index (κ2) is 9.41. The fourth-order valence-corrected chi connectivity index (χ4v) is 3.37. The summed E-state index contributed by atoms with van der Waals surface area (Å²) in [4.78, 5) is 27.3. The number of aromatic nitrogens is 1. The lowest BCUT2D eigenvalue weighted by molar-refractivity contribution is -0.138. The molecule has 0 spiro atoms. The standard InChI is InChI=1S/C25H16F4N2O4/c26-18-13-16(24-31-20-11-14(12-23(33)34)5-9-21(20)35-24)6-8-19(18)30-22(32)10-7-15-3-1-2-4-17(15)25(27,28)29/h1-11,13H,12H2,(H,30,32)(H,33,34)/b10-7+. The van der Waals surface area contributed by atoms with E-state index in [1.807, 2.05) is 0 Å². The highest BCUT2D eigenvalue weighted by atomic mass is 19.4. The number of carbonyl (C=O) groups excluding carboxylic acids is 1. The summed E-state index contributed by atoms with van der Waals surface area (Å²) < 4.78 is 59.4. The molecule has 0 saturated carbocycles. The van der Waals surface area contributed by atoms with E-state index in [1.54, 1.807) is 18.2 Å². The number of hydrogen-bond acceptors (Lipinski definition) is 4. The van der Waals surface area contributed by atoms with Crippen LogP contribution in [0.5, 0.6) is 0 Å². The summed E-state index contributed by atoms with van der Waals surface area (Å²) in [5.41, 5.74) is 0.303. The van der Waals surface area contributed by atoms with Crippen LogP contribution in [0.15, 0.2) is 71.2 Å². The largest absolute Gasteiger partial charge is 0.481 e. The lowest BCUT2D eigenvalue weighted by atomic mass is 10.1. The molecule has 0 fully saturated rings. The summed E-state index contributed by atoms with van der Waals surface area (Å²) in [6.45, 7) is 0. The fourth-order valence-electron chi connectivity index (χ4n) is 3.37. The molecular weight excluding hydrogens is 468 g/mol. The first kappa shape index (κ1) is 23.7. The third-order valence-electron chi connectivity index (χ3n) is 4.96. The van der Waals surface area contributed by atoms with Crippen LogP contribution in [0.3, 0.4) is 0 Å². The van der Waals surface area contributed by atoms with E-state index in [9.17, 15) is 27.2 Å². The molecule has 1 amide bonds. The summed E-state index contributed by atoms with van der Waals surface area (Å²) in [6.07, 6.45) is -2.88. The van der Waals surface area contributed by atoms with E-state index < -0.39 is 29.4 Å². The molecule has 3 aromatic carbocycles. The van der Waals surface area contributed by atoms with Crippen LogP contribution in [-0.4, -0.2) is 22.0 Å². The van der Waals surface area contributed by atoms with E-state index in [4.69, 9.17) is 9.52 Å². The molecule has 0 aliphatic heterocycles. The van der Waals surface area contributed by atoms with Gasteiger partial charge in [0, 0.05) is 11.6 Å². The zero-order valence-electron chi connectivity index (χ0n) is 17.8. The number of oxazole rings is 1. The number of rotatable bonds is 6. The van der Waals surface area contributed by atoms with Gasteiger partial charge in [0.25, 0.3) is 0 Å². The Hall–Kier alpha value is -4.47. The van der Waals surface area contributed by atoms with Gasteiger partial charge in [-0.15, -0.1) is 0 Å². The number of halogens is 4. The van der Waals surface area contributed by atoms with Gasteiger partial charge in [-0.3, -0.25) is 9.59 Å². The Bertz CT molecular complexity index is 1460. The third-order valence-corrected chi connectivity index (χ3v) is 4.96. The number of amides is 1. The summed E-state index contributed by atoms with van der Waals surface area (Å²) >= 11 is 0. The summed E-state index contributed by atoms with van der Waals surface area (Å²) in [5.74, 6) is -2.53. The molecule has 4 rings (SSSR count). The maximum Gasteiger partial charge on any atom is 0.416 e. The van der Waals surface area contributed by atoms with Gasteiger partial charge < -0.3 is 14.8 Å². The quantitative estimate of drug-likeness (QED) is 0.261. The molecule has 10 heteroatoms. The van der Waals surface area contributed by atoms with Crippen LogP contribution in [0, 0.1) is 5.82 Å². The minimum absolute atomic E-state index is 0.0907. The van der Waals surface area contributed by atoms with Gasteiger partial charge in [0.2, 0.25) is 11.8 Å². The minimum atomic E-state index is -4.58. The van der Waals surface area contributed by atoms with Crippen molar-refractivity contribution in [3.05, 3.63) is 89.2 Å². The van der Waals surface area contributed by atoms with E-state index >= 15 is 0 Å². The Morgan fingerprint density at radius 1 is 1.06 bits per heavy atom. The predicted octanol–water partition coefficient (Wildman–Crippen LogP) is 5.93. The fraction of sp³-hybridized carbons (Fsp3) is 0.0800. The molecular formula is C25H16F4N2O4. The highest BCUT2D eigenvalue weighted by molar-refractivity contribution is 6.02. The van der Waals surface area contributed by atoms with Crippen LogP contribution in [0.4, 0.5) is 23.2 Å². The van der Waals surface area contributed by atoms with E-state index in [2.05, 4.69) is 10.3 Å². The number of anilines is 1. The smallest absolute Gasteiger partial charge is 0.416 e. The molecule has 0 aliphatic carbocycles. The zero-order chi connectivity index (χ0) is 25.2.